The third-order valence-electron chi connectivity index (χ3n) is 3.25. The molecule has 0 bridgehead atoms. The number of aliphatic hydroxyl groups excluding tert-OH is 1. The number of aliphatic hydroxyl groups is 1. The normalized spacial score (nSPS) is 11.2. The van der Waals surface area contributed by atoms with Crippen molar-refractivity contribution in [3.63, 3.8) is 0 Å². The predicted octanol–water partition coefficient (Wildman–Crippen LogP) is 3.10. The largest absolute Gasteiger partial charge is 0.396 e. The predicted molar refractivity (Wildman–Crippen MR) is 85.7 cm³/mol. The summed E-state index contributed by atoms with van der Waals surface area (Å²) >= 11 is 1.52. The fraction of sp³-hybridized carbons (Fsp3) is 0.250. The number of nitrogens with zero attached hydrogens (tertiary/aromatic N) is 3. The van der Waals surface area contributed by atoms with Crippen LogP contribution < -0.4 is 0 Å². The van der Waals surface area contributed by atoms with Crippen LogP contribution in [0.25, 0.3) is 16.8 Å². The summed E-state index contributed by atoms with van der Waals surface area (Å²) in [4.78, 5) is 4.75. The molecule has 0 amide bonds. The van der Waals surface area contributed by atoms with E-state index in [9.17, 15) is 0 Å². The minimum absolute atomic E-state index is 0.130. The molecule has 0 radical (unpaired) electrons. The number of hydrogen-bond acceptors (Lipinski definition) is 4. The molecule has 0 saturated carbocycles. The van der Waals surface area contributed by atoms with E-state index in [2.05, 4.69) is 30.2 Å². The van der Waals surface area contributed by atoms with Crippen molar-refractivity contribution in [2.75, 3.05) is 12.4 Å². The monoisotopic (exact) mass is 299 g/mol. The second-order valence-corrected chi connectivity index (χ2v) is 5.97. The molecule has 2 aromatic heterocycles. The molecule has 0 aliphatic carbocycles. The average molecular weight is 299 g/mol. The molecule has 3 aromatic rings. The second kappa shape index (κ2) is 5.87. The quantitative estimate of drug-likeness (QED) is 0.752. The van der Waals surface area contributed by atoms with Gasteiger partial charge in [0.05, 0.1) is 23.5 Å². The van der Waals surface area contributed by atoms with Crippen molar-refractivity contribution in [2.45, 2.75) is 19.0 Å². The van der Waals surface area contributed by atoms with Crippen LogP contribution >= 0.6 is 11.8 Å². The van der Waals surface area contributed by atoms with Gasteiger partial charge in [0, 0.05) is 11.3 Å². The number of benzene rings is 1. The van der Waals surface area contributed by atoms with E-state index < -0.39 is 0 Å². The highest BCUT2D eigenvalue weighted by Crippen LogP contribution is 2.30. The molecule has 3 rings (SSSR count). The van der Waals surface area contributed by atoms with Crippen LogP contribution in [0.15, 0.2) is 41.6 Å². The molecular weight excluding hydrogens is 282 g/mol. The van der Waals surface area contributed by atoms with Gasteiger partial charge in [0.15, 0.2) is 5.16 Å². The number of fused-ring (bicyclic) bond motifs is 1. The van der Waals surface area contributed by atoms with Crippen molar-refractivity contribution in [1.29, 1.82) is 0 Å². The summed E-state index contributed by atoms with van der Waals surface area (Å²) in [6, 6.07) is 12.2. The summed E-state index contributed by atoms with van der Waals surface area (Å²) in [6.45, 7) is 4.19. The molecule has 4 nitrogen and oxygen atoms in total. The van der Waals surface area contributed by atoms with Gasteiger partial charge in [-0.05, 0) is 25.5 Å². The highest BCUT2D eigenvalue weighted by Gasteiger charge is 2.16. The van der Waals surface area contributed by atoms with Crippen LogP contribution in [0.2, 0.25) is 0 Å². The smallest absolute Gasteiger partial charge is 0.190 e. The number of hydrogen-bond donors (Lipinski definition) is 1. The van der Waals surface area contributed by atoms with E-state index in [1.807, 2.05) is 29.6 Å². The second-order valence-electron chi connectivity index (χ2n) is 4.91. The summed E-state index contributed by atoms with van der Waals surface area (Å²) in [5.74, 6) is 0.613. The van der Waals surface area contributed by atoms with Crippen LogP contribution in [-0.2, 0) is 0 Å². The Balaban J connectivity index is 2.25. The van der Waals surface area contributed by atoms with Gasteiger partial charge in [-0.15, -0.1) is 0 Å². The van der Waals surface area contributed by atoms with Crippen LogP contribution in [0, 0.1) is 13.8 Å². The van der Waals surface area contributed by atoms with E-state index in [0.717, 1.165) is 33.2 Å². The molecule has 21 heavy (non-hydrogen) atoms. The molecule has 0 aliphatic heterocycles. The molecule has 0 unspecified atom stereocenters. The lowest BCUT2D eigenvalue weighted by Crippen LogP contribution is -1.99. The maximum atomic E-state index is 9.05. The van der Waals surface area contributed by atoms with E-state index in [0.29, 0.717) is 5.75 Å². The Kier molecular flexibility index (Phi) is 3.94. The van der Waals surface area contributed by atoms with Crippen molar-refractivity contribution >= 4 is 17.3 Å². The molecule has 0 atom stereocenters. The standard InChI is InChI=1S/C16H17N3OS/c1-11-10-12(2)18-19-15(11)14(13-6-4-3-5-7-13)17-16(19)21-9-8-20/h3-7,10,20H,8-9H2,1-2H3. The first-order chi connectivity index (χ1) is 10.2. The topological polar surface area (TPSA) is 50.4 Å². The zero-order chi connectivity index (χ0) is 14.8. The fourth-order valence-electron chi connectivity index (χ4n) is 2.43. The summed E-state index contributed by atoms with van der Waals surface area (Å²) in [5, 5.41) is 14.5. The Morgan fingerprint density at radius 3 is 2.67 bits per heavy atom. The Morgan fingerprint density at radius 1 is 1.19 bits per heavy atom. The molecule has 1 aromatic carbocycles. The van der Waals surface area contributed by atoms with Gasteiger partial charge in [0.25, 0.3) is 0 Å². The molecule has 0 aliphatic rings. The van der Waals surface area contributed by atoms with Crippen LogP contribution in [0.4, 0.5) is 0 Å². The zero-order valence-electron chi connectivity index (χ0n) is 12.1. The van der Waals surface area contributed by atoms with E-state index >= 15 is 0 Å². The summed E-state index contributed by atoms with van der Waals surface area (Å²) < 4.78 is 1.90. The van der Waals surface area contributed by atoms with Crippen molar-refractivity contribution < 1.29 is 5.11 Å². The number of imidazole rings is 1. The molecule has 0 saturated heterocycles. The van der Waals surface area contributed by atoms with Crippen molar-refractivity contribution in [3.05, 3.63) is 47.7 Å². The van der Waals surface area contributed by atoms with Crippen LogP contribution in [0.5, 0.6) is 0 Å². The van der Waals surface area contributed by atoms with Gasteiger partial charge in [-0.2, -0.15) is 5.10 Å². The summed E-state index contributed by atoms with van der Waals surface area (Å²) in [5.41, 5.74) is 5.18. The number of thioether (sulfide) groups is 1. The van der Waals surface area contributed by atoms with Crippen molar-refractivity contribution in [3.8, 4) is 11.3 Å². The minimum Gasteiger partial charge on any atom is -0.396 e. The Morgan fingerprint density at radius 2 is 1.95 bits per heavy atom. The van der Waals surface area contributed by atoms with Crippen LogP contribution in [0.1, 0.15) is 11.3 Å². The van der Waals surface area contributed by atoms with Gasteiger partial charge in [0.1, 0.15) is 0 Å². The van der Waals surface area contributed by atoms with Crippen molar-refractivity contribution in [1.82, 2.24) is 14.6 Å². The molecular formula is C16H17N3OS. The minimum atomic E-state index is 0.130. The maximum absolute atomic E-state index is 9.05. The van der Waals surface area contributed by atoms with Gasteiger partial charge < -0.3 is 5.11 Å². The highest BCUT2D eigenvalue weighted by atomic mass is 32.2. The van der Waals surface area contributed by atoms with Gasteiger partial charge in [-0.3, -0.25) is 0 Å². The van der Waals surface area contributed by atoms with Gasteiger partial charge in [0.2, 0.25) is 0 Å². The van der Waals surface area contributed by atoms with Gasteiger partial charge >= 0.3 is 0 Å². The van der Waals surface area contributed by atoms with E-state index in [1.54, 1.807) is 0 Å². The van der Waals surface area contributed by atoms with Crippen LogP contribution in [0.3, 0.4) is 0 Å². The first-order valence-corrected chi connectivity index (χ1v) is 7.85. The van der Waals surface area contributed by atoms with Crippen LogP contribution in [-0.4, -0.2) is 32.1 Å². The lowest BCUT2D eigenvalue weighted by atomic mass is 10.1. The molecule has 0 spiro atoms. The lowest BCUT2D eigenvalue weighted by Gasteiger charge is -2.04. The first-order valence-electron chi connectivity index (χ1n) is 6.87. The fourth-order valence-corrected chi connectivity index (χ4v) is 3.12. The molecule has 5 heteroatoms. The Bertz CT molecular complexity index is 768. The zero-order valence-corrected chi connectivity index (χ0v) is 12.9. The highest BCUT2D eigenvalue weighted by molar-refractivity contribution is 7.99. The third-order valence-corrected chi connectivity index (χ3v) is 4.16. The van der Waals surface area contributed by atoms with Gasteiger partial charge in [-0.1, -0.05) is 42.1 Å². The molecule has 0 fully saturated rings. The Hall–Kier alpha value is -1.85. The van der Waals surface area contributed by atoms with Gasteiger partial charge in [-0.25, -0.2) is 9.50 Å². The first kappa shape index (κ1) is 14.1. The summed E-state index contributed by atoms with van der Waals surface area (Å²) in [7, 11) is 0. The van der Waals surface area contributed by atoms with E-state index in [4.69, 9.17) is 10.1 Å². The Labute approximate surface area is 127 Å². The molecule has 108 valence electrons. The SMILES string of the molecule is Cc1cc(C)c2c(-c3ccccc3)nc(SCCO)n2n1. The third kappa shape index (κ3) is 2.66. The van der Waals surface area contributed by atoms with Crippen molar-refractivity contribution in [2.24, 2.45) is 0 Å². The number of rotatable bonds is 4. The van der Waals surface area contributed by atoms with E-state index in [1.165, 1.54) is 11.8 Å². The molecule has 1 N–H and O–H groups in total. The average Bonchev–Trinajstić information content (AvgIpc) is 2.85. The lowest BCUT2D eigenvalue weighted by molar-refractivity contribution is 0.322. The maximum Gasteiger partial charge on any atom is 0.190 e. The molecule has 2 heterocycles. The van der Waals surface area contributed by atoms with E-state index in [-0.39, 0.29) is 6.61 Å². The summed E-state index contributed by atoms with van der Waals surface area (Å²) in [6.07, 6.45) is 0. The number of aryl methyl sites for hydroxylation is 2. The number of aromatic nitrogens is 3.